The van der Waals surface area contributed by atoms with E-state index in [1.807, 2.05) is 29.5 Å². The van der Waals surface area contributed by atoms with Gasteiger partial charge in [0, 0.05) is 11.1 Å². The Labute approximate surface area is 123 Å². The van der Waals surface area contributed by atoms with Crippen molar-refractivity contribution >= 4 is 39.9 Å². The highest BCUT2D eigenvalue weighted by Crippen LogP contribution is 2.31. The highest BCUT2D eigenvalue weighted by molar-refractivity contribution is 14.1. The number of anilines is 1. The summed E-state index contributed by atoms with van der Waals surface area (Å²) in [6, 6.07) is 8.03. The molecule has 0 atom stereocenters. The predicted molar refractivity (Wildman–Crippen MR) is 79.8 cm³/mol. The summed E-state index contributed by atoms with van der Waals surface area (Å²) >= 11 is 7.80. The van der Waals surface area contributed by atoms with Crippen LogP contribution in [0.5, 0.6) is 11.5 Å². The summed E-state index contributed by atoms with van der Waals surface area (Å²) in [6.07, 6.45) is 0. The number of benzene rings is 2. The van der Waals surface area contributed by atoms with Gasteiger partial charge in [-0.05, 0) is 59.3 Å². The maximum absolute atomic E-state index is 13.4. The molecule has 0 radical (unpaired) electrons. The highest BCUT2D eigenvalue weighted by atomic mass is 127. The normalized spacial score (nSPS) is 10.4. The van der Waals surface area contributed by atoms with Gasteiger partial charge >= 0.3 is 0 Å². The Kier molecular flexibility index (Phi) is 3.97. The zero-order valence-corrected chi connectivity index (χ0v) is 12.4. The smallest absolute Gasteiger partial charge is 0.153 e. The third-order valence-electron chi connectivity index (χ3n) is 2.41. The zero-order chi connectivity index (χ0) is 13.3. The van der Waals surface area contributed by atoms with E-state index in [1.54, 1.807) is 18.2 Å². The molecule has 0 aliphatic heterocycles. The fourth-order valence-electron chi connectivity index (χ4n) is 1.44. The molecule has 18 heavy (non-hydrogen) atoms. The molecule has 0 bridgehead atoms. The molecule has 5 heteroatoms. The molecule has 0 unspecified atom stereocenters. The van der Waals surface area contributed by atoms with E-state index in [1.165, 1.54) is 12.1 Å². The van der Waals surface area contributed by atoms with Crippen LogP contribution in [0.25, 0.3) is 0 Å². The molecule has 0 saturated heterocycles. The van der Waals surface area contributed by atoms with Crippen molar-refractivity contribution < 1.29 is 9.13 Å². The van der Waals surface area contributed by atoms with Crippen molar-refractivity contribution in [1.82, 2.24) is 0 Å². The first-order valence-electron chi connectivity index (χ1n) is 5.16. The Morgan fingerprint density at radius 1 is 1.28 bits per heavy atom. The van der Waals surface area contributed by atoms with E-state index in [2.05, 4.69) is 0 Å². The Hall–Kier alpha value is -1.01. The lowest BCUT2D eigenvalue weighted by Crippen LogP contribution is -1.95. The molecule has 0 aliphatic rings. The van der Waals surface area contributed by atoms with E-state index in [0.29, 0.717) is 25.8 Å². The van der Waals surface area contributed by atoms with Crippen molar-refractivity contribution in [2.24, 2.45) is 0 Å². The molecule has 2 N–H and O–H groups in total. The second-order valence-corrected chi connectivity index (χ2v) is 5.39. The SMILES string of the molecule is Cc1cc(Oc2cc(F)c(I)cc2N)ccc1Cl. The standard InChI is InChI=1S/C13H10ClFINO/c1-7-4-8(2-3-9(7)14)18-13-5-10(15)11(16)6-12(13)17/h2-6H,17H2,1H3. The average molecular weight is 378 g/mol. The molecular formula is C13H10ClFINO. The molecule has 2 rings (SSSR count). The van der Waals surface area contributed by atoms with Crippen molar-refractivity contribution in [3.8, 4) is 11.5 Å². The van der Waals surface area contributed by atoms with E-state index in [0.717, 1.165) is 5.56 Å². The summed E-state index contributed by atoms with van der Waals surface area (Å²) < 4.78 is 19.5. The lowest BCUT2D eigenvalue weighted by Gasteiger charge is -2.10. The molecule has 0 aromatic heterocycles. The van der Waals surface area contributed by atoms with Gasteiger partial charge in [0.25, 0.3) is 0 Å². The fraction of sp³-hybridized carbons (Fsp3) is 0.0769. The number of hydrogen-bond donors (Lipinski definition) is 1. The van der Waals surface area contributed by atoms with Crippen LogP contribution in [0.1, 0.15) is 5.56 Å². The van der Waals surface area contributed by atoms with Gasteiger partial charge in [-0.25, -0.2) is 4.39 Å². The minimum absolute atomic E-state index is 0.301. The van der Waals surface area contributed by atoms with Crippen LogP contribution in [-0.4, -0.2) is 0 Å². The maximum Gasteiger partial charge on any atom is 0.153 e. The summed E-state index contributed by atoms with van der Waals surface area (Å²) in [6.45, 7) is 1.87. The topological polar surface area (TPSA) is 35.2 Å². The Morgan fingerprint density at radius 2 is 2.00 bits per heavy atom. The molecular weight excluding hydrogens is 368 g/mol. The largest absolute Gasteiger partial charge is 0.455 e. The zero-order valence-electron chi connectivity index (χ0n) is 9.51. The van der Waals surface area contributed by atoms with E-state index >= 15 is 0 Å². The Balaban J connectivity index is 2.34. The molecule has 0 amide bonds. The maximum atomic E-state index is 13.4. The first-order chi connectivity index (χ1) is 8.47. The van der Waals surface area contributed by atoms with E-state index < -0.39 is 0 Å². The van der Waals surface area contributed by atoms with Crippen molar-refractivity contribution in [3.05, 3.63) is 50.3 Å². The van der Waals surface area contributed by atoms with Crippen LogP contribution >= 0.6 is 34.2 Å². The molecule has 2 nitrogen and oxygen atoms in total. The van der Waals surface area contributed by atoms with Crippen LogP contribution in [0.15, 0.2) is 30.3 Å². The minimum atomic E-state index is -0.356. The van der Waals surface area contributed by atoms with Gasteiger partial charge in [0.15, 0.2) is 5.75 Å². The first kappa shape index (κ1) is 13.4. The first-order valence-corrected chi connectivity index (χ1v) is 6.61. The predicted octanol–water partition coefficient (Wildman–Crippen LogP) is 4.77. The van der Waals surface area contributed by atoms with Gasteiger partial charge in [-0.3, -0.25) is 0 Å². The van der Waals surface area contributed by atoms with E-state index in [9.17, 15) is 4.39 Å². The van der Waals surface area contributed by atoms with Gasteiger partial charge in [-0.1, -0.05) is 11.6 Å². The summed E-state index contributed by atoms with van der Waals surface area (Å²) in [5.41, 5.74) is 7.07. The number of aryl methyl sites for hydroxylation is 1. The van der Waals surface area contributed by atoms with E-state index in [-0.39, 0.29) is 5.82 Å². The molecule has 2 aromatic rings. The number of nitrogen functional groups attached to an aromatic ring is 1. The second kappa shape index (κ2) is 5.32. The van der Waals surface area contributed by atoms with Crippen LogP contribution < -0.4 is 10.5 Å². The lowest BCUT2D eigenvalue weighted by molar-refractivity contribution is 0.478. The van der Waals surface area contributed by atoms with Gasteiger partial charge < -0.3 is 10.5 Å². The quantitative estimate of drug-likeness (QED) is 0.604. The molecule has 0 saturated carbocycles. The number of halogens is 3. The molecule has 0 aliphatic carbocycles. The van der Waals surface area contributed by atoms with Gasteiger partial charge in [0.05, 0.1) is 9.26 Å². The Morgan fingerprint density at radius 3 is 2.67 bits per heavy atom. The van der Waals surface area contributed by atoms with Crippen LogP contribution in [0.4, 0.5) is 10.1 Å². The average Bonchev–Trinajstić information content (AvgIpc) is 2.31. The molecule has 94 valence electrons. The van der Waals surface area contributed by atoms with Gasteiger partial charge in [-0.2, -0.15) is 0 Å². The summed E-state index contributed by atoms with van der Waals surface area (Å²) in [5, 5.41) is 0.657. The minimum Gasteiger partial charge on any atom is -0.455 e. The number of nitrogens with two attached hydrogens (primary N) is 1. The number of hydrogen-bond acceptors (Lipinski definition) is 2. The van der Waals surface area contributed by atoms with Crippen molar-refractivity contribution in [2.45, 2.75) is 6.92 Å². The lowest BCUT2D eigenvalue weighted by atomic mass is 10.2. The molecule has 2 aromatic carbocycles. The van der Waals surface area contributed by atoms with Crippen molar-refractivity contribution in [3.63, 3.8) is 0 Å². The van der Waals surface area contributed by atoms with E-state index in [4.69, 9.17) is 22.1 Å². The highest BCUT2D eigenvalue weighted by Gasteiger charge is 2.08. The number of ether oxygens (including phenoxy) is 1. The van der Waals surface area contributed by atoms with Crippen LogP contribution in [0.3, 0.4) is 0 Å². The summed E-state index contributed by atoms with van der Waals surface area (Å²) in [5.74, 6) is 0.518. The van der Waals surface area contributed by atoms with Crippen LogP contribution in [-0.2, 0) is 0 Å². The van der Waals surface area contributed by atoms with Gasteiger partial charge in [0.2, 0.25) is 0 Å². The Bertz CT molecular complexity index is 604. The number of rotatable bonds is 2. The monoisotopic (exact) mass is 377 g/mol. The molecule has 0 heterocycles. The summed E-state index contributed by atoms with van der Waals surface area (Å²) in [4.78, 5) is 0. The molecule has 0 spiro atoms. The summed E-state index contributed by atoms with van der Waals surface area (Å²) in [7, 11) is 0. The molecule has 0 fully saturated rings. The fourth-order valence-corrected chi connectivity index (χ4v) is 2.05. The van der Waals surface area contributed by atoms with Gasteiger partial charge in [0.1, 0.15) is 11.6 Å². The third-order valence-corrected chi connectivity index (χ3v) is 3.66. The third kappa shape index (κ3) is 2.87. The van der Waals surface area contributed by atoms with Crippen LogP contribution in [0, 0.1) is 16.3 Å². The van der Waals surface area contributed by atoms with Gasteiger partial charge in [-0.15, -0.1) is 0 Å². The van der Waals surface area contributed by atoms with Crippen molar-refractivity contribution in [2.75, 3.05) is 5.73 Å². The van der Waals surface area contributed by atoms with Crippen molar-refractivity contribution in [1.29, 1.82) is 0 Å². The van der Waals surface area contributed by atoms with Crippen LogP contribution in [0.2, 0.25) is 5.02 Å². The second-order valence-electron chi connectivity index (χ2n) is 3.82.